The molecule has 0 atom stereocenters. The van der Waals surface area contributed by atoms with Crippen molar-refractivity contribution >= 4 is 11.8 Å². The van der Waals surface area contributed by atoms with Crippen LogP contribution in [0.4, 0.5) is 0 Å². The molecule has 6 heteroatoms. The molecule has 2 heterocycles. The SMILES string of the molecule is Cc1ccc(-c2nnc(CSc3nccn3-c3ccc(C(C)C)cc3)o2)cc1. The molecule has 5 nitrogen and oxygen atoms in total. The highest BCUT2D eigenvalue weighted by Crippen LogP contribution is 2.26. The number of imidazole rings is 1. The zero-order valence-electron chi connectivity index (χ0n) is 16.2. The van der Waals surface area contributed by atoms with Crippen molar-refractivity contribution in [1.29, 1.82) is 0 Å². The monoisotopic (exact) mass is 390 g/mol. The normalized spacial score (nSPS) is 11.3. The highest BCUT2D eigenvalue weighted by Gasteiger charge is 2.12. The Morgan fingerprint density at radius 2 is 1.75 bits per heavy atom. The minimum Gasteiger partial charge on any atom is -0.420 e. The zero-order valence-corrected chi connectivity index (χ0v) is 17.0. The summed E-state index contributed by atoms with van der Waals surface area (Å²) in [5.74, 6) is 2.22. The maximum atomic E-state index is 5.82. The molecule has 0 aliphatic heterocycles. The predicted octanol–water partition coefficient (Wildman–Crippen LogP) is 5.65. The van der Waals surface area contributed by atoms with E-state index in [-0.39, 0.29) is 0 Å². The Balaban J connectivity index is 1.46. The zero-order chi connectivity index (χ0) is 19.5. The summed E-state index contributed by atoms with van der Waals surface area (Å²) >= 11 is 1.58. The lowest BCUT2D eigenvalue weighted by Crippen LogP contribution is -1.96. The van der Waals surface area contributed by atoms with Gasteiger partial charge in [0.05, 0.1) is 5.75 Å². The van der Waals surface area contributed by atoms with Crippen molar-refractivity contribution in [1.82, 2.24) is 19.7 Å². The molecule has 0 saturated heterocycles. The van der Waals surface area contributed by atoms with Gasteiger partial charge in [0.25, 0.3) is 0 Å². The molecule has 0 radical (unpaired) electrons. The summed E-state index contributed by atoms with van der Waals surface area (Å²) in [5, 5.41) is 9.23. The van der Waals surface area contributed by atoms with E-state index in [1.54, 1.807) is 11.8 Å². The van der Waals surface area contributed by atoms with Gasteiger partial charge in [0.2, 0.25) is 11.8 Å². The molecule has 0 spiro atoms. The van der Waals surface area contributed by atoms with Crippen molar-refractivity contribution < 1.29 is 4.42 Å². The van der Waals surface area contributed by atoms with Crippen LogP contribution in [-0.4, -0.2) is 19.7 Å². The fourth-order valence-electron chi connectivity index (χ4n) is 2.86. The van der Waals surface area contributed by atoms with Crippen molar-refractivity contribution in [3.8, 4) is 17.1 Å². The Kier molecular flexibility index (Phi) is 5.30. The summed E-state index contributed by atoms with van der Waals surface area (Å²) in [6.07, 6.45) is 3.78. The van der Waals surface area contributed by atoms with E-state index in [4.69, 9.17) is 4.42 Å². The molecule has 0 amide bonds. The molecule has 0 bridgehead atoms. The van der Waals surface area contributed by atoms with Gasteiger partial charge in [0.15, 0.2) is 5.16 Å². The van der Waals surface area contributed by atoms with E-state index in [1.807, 2.05) is 36.7 Å². The molecular formula is C22H22N4OS. The topological polar surface area (TPSA) is 56.7 Å². The van der Waals surface area contributed by atoms with Crippen molar-refractivity contribution in [2.75, 3.05) is 0 Å². The van der Waals surface area contributed by atoms with Crippen molar-refractivity contribution in [3.63, 3.8) is 0 Å². The fraction of sp³-hybridized carbons (Fsp3) is 0.227. The third kappa shape index (κ3) is 4.02. The van der Waals surface area contributed by atoms with E-state index in [1.165, 1.54) is 11.1 Å². The van der Waals surface area contributed by atoms with Gasteiger partial charge < -0.3 is 4.42 Å². The molecule has 2 aromatic carbocycles. The smallest absolute Gasteiger partial charge is 0.247 e. The summed E-state index contributed by atoms with van der Waals surface area (Å²) in [5.41, 5.74) is 4.55. The van der Waals surface area contributed by atoms with Gasteiger partial charge in [-0.1, -0.05) is 55.4 Å². The molecule has 0 fully saturated rings. The van der Waals surface area contributed by atoms with Crippen LogP contribution in [-0.2, 0) is 5.75 Å². The van der Waals surface area contributed by atoms with Crippen LogP contribution in [0.15, 0.2) is 70.5 Å². The number of aryl methyl sites for hydroxylation is 1. The van der Waals surface area contributed by atoms with Crippen molar-refractivity contribution in [2.45, 2.75) is 37.6 Å². The minimum absolute atomic E-state index is 0.519. The van der Waals surface area contributed by atoms with Crippen LogP contribution in [0.2, 0.25) is 0 Å². The second-order valence-corrected chi connectivity index (χ2v) is 7.92. The first-order chi connectivity index (χ1) is 13.6. The van der Waals surface area contributed by atoms with Crippen LogP contribution in [0.3, 0.4) is 0 Å². The maximum absolute atomic E-state index is 5.82. The van der Waals surface area contributed by atoms with E-state index < -0.39 is 0 Å². The summed E-state index contributed by atoms with van der Waals surface area (Å²) < 4.78 is 7.89. The maximum Gasteiger partial charge on any atom is 0.247 e. The molecule has 28 heavy (non-hydrogen) atoms. The van der Waals surface area contributed by atoms with E-state index in [0.717, 1.165) is 16.4 Å². The van der Waals surface area contributed by atoms with Crippen LogP contribution >= 0.6 is 11.8 Å². The first kappa shape index (κ1) is 18.5. The van der Waals surface area contributed by atoms with Crippen molar-refractivity contribution in [2.24, 2.45) is 0 Å². The van der Waals surface area contributed by atoms with E-state index in [9.17, 15) is 0 Å². The number of aromatic nitrogens is 4. The van der Waals surface area contributed by atoms with E-state index in [0.29, 0.717) is 23.5 Å². The lowest BCUT2D eigenvalue weighted by Gasteiger charge is -2.09. The number of rotatable bonds is 6. The van der Waals surface area contributed by atoms with E-state index >= 15 is 0 Å². The fourth-order valence-corrected chi connectivity index (χ4v) is 3.67. The van der Waals surface area contributed by atoms with Gasteiger partial charge in [-0.05, 0) is 42.7 Å². The Hall–Kier alpha value is -2.86. The Bertz CT molecular complexity index is 1050. The van der Waals surface area contributed by atoms with Crippen LogP contribution in [0.5, 0.6) is 0 Å². The average molecular weight is 391 g/mol. The number of thioether (sulfide) groups is 1. The third-order valence-corrected chi connectivity index (χ3v) is 5.49. The third-order valence-electron chi connectivity index (χ3n) is 4.53. The highest BCUT2D eigenvalue weighted by molar-refractivity contribution is 7.98. The molecule has 0 aliphatic carbocycles. The quantitative estimate of drug-likeness (QED) is 0.398. The first-order valence-corrected chi connectivity index (χ1v) is 10.2. The largest absolute Gasteiger partial charge is 0.420 e. The van der Waals surface area contributed by atoms with Gasteiger partial charge in [0, 0.05) is 23.6 Å². The van der Waals surface area contributed by atoms with Gasteiger partial charge in [-0.15, -0.1) is 10.2 Å². The van der Waals surface area contributed by atoms with Crippen LogP contribution in [0, 0.1) is 6.92 Å². The summed E-state index contributed by atoms with van der Waals surface area (Å²) in [4.78, 5) is 4.48. The average Bonchev–Trinajstić information content (AvgIpc) is 3.36. The molecule has 0 N–H and O–H groups in total. The lowest BCUT2D eigenvalue weighted by molar-refractivity contribution is 0.528. The Labute approximate surface area is 168 Å². The Morgan fingerprint density at radius 1 is 1.00 bits per heavy atom. The molecule has 4 rings (SSSR count). The molecule has 142 valence electrons. The number of nitrogens with zero attached hydrogens (tertiary/aromatic N) is 4. The van der Waals surface area contributed by atoms with E-state index in [2.05, 4.69) is 64.8 Å². The molecule has 4 aromatic rings. The lowest BCUT2D eigenvalue weighted by atomic mass is 10.0. The van der Waals surface area contributed by atoms with Gasteiger partial charge in [-0.2, -0.15) is 0 Å². The molecule has 0 aliphatic rings. The summed E-state index contributed by atoms with van der Waals surface area (Å²) in [6, 6.07) is 16.7. The molecule has 0 unspecified atom stereocenters. The number of hydrogen-bond acceptors (Lipinski definition) is 5. The van der Waals surface area contributed by atoms with Gasteiger partial charge >= 0.3 is 0 Å². The van der Waals surface area contributed by atoms with Gasteiger partial charge in [-0.25, -0.2) is 4.98 Å². The van der Waals surface area contributed by atoms with Crippen LogP contribution in [0.25, 0.3) is 17.1 Å². The number of hydrogen-bond donors (Lipinski definition) is 0. The summed E-state index contributed by atoms with van der Waals surface area (Å²) in [7, 11) is 0. The highest BCUT2D eigenvalue weighted by atomic mass is 32.2. The second-order valence-electron chi connectivity index (χ2n) is 6.98. The molecular weight excluding hydrogens is 368 g/mol. The van der Waals surface area contributed by atoms with Crippen LogP contribution in [0.1, 0.15) is 36.8 Å². The molecule has 0 saturated carbocycles. The first-order valence-electron chi connectivity index (χ1n) is 9.26. The predicted molar refractivity (Wildman–Crippen MR) is 112 cm³/mol. The van der Waals surface area contributed by atoms with Crippen molar-refractivity contribution in [3.05, 3.63) is 77.9 Å². The minimum atomic E-state index is 0.519. The van der Waals surface area contributed by atoms with Gasteiger partial charge in [-0.3, -0.25) is 4.57 Å². The van der Waals surface area contributed by atoms with Crippen LogP contribution < -0.4 is 0 Å². The molecule has 2 aromatic heterocycles. The Morgan fingerprint density at radius 3 is 2.46 bits per heavy atom. The van der Waals surface area contributed by atoms with Gasteiger partial charge in [0.1, 0.15) is 0 Å². The summed E-state index contributed by atoms with van der Waals surface area (Å²) in [6.45, 7) is 6.45. The second kappa shape index (κ2) is 8.02. The standard InChI is InChI=1S/C22H22N4OS/c1-15(2)17-8-10-19(11-9-17)26-13-12-23-22(26)28-14-20-24-25-21(27-20)18-6-4-16(3)5-7-18/h4-13,15H,14H2,1-3H3. The number of benzene rings is 2.